The topological polar surface area (TPSA) is 85.0 Å². The number of nitrogens with zero attached hydrogens (tertiary/aromatic N) is 3. The summed E-state index contributed by atoms with van der Waals surface area (Å²) in [4.78, 5) is 42.5. The molecule has 1 aromatic carbocycles. The quantitative estimate of drug-likeness (QED) is 0.615. The Morgan fingerprint density at radius 2 is 1.76 bits per heavy atom. The van der Waals surface area contributed by atoms with Crippen LogP contribution in [0.25, 0.3) is 0 Å². The molecule has 0 aromatic heterocycles. The molecule has 1 unspecified atom stereocenters. The number of halogens is 3. The Balaban J connectivity index is 1.16. The van der Waals surface area contributed by atoms with E-state index in [9.17, 15) is 23.2 Å². The van der Waals surface area contributed by atoms with Crippen molar-refractivity contribution in [2.75, 3.05) is 57.3 Å². The van der Waals surface area contributed by atoms with Crippen molar-refractivity contribution in [1.82, 2.24) is 20.4 Å². The second-order valence-electron chi connectivity index (χ2n) is 10.9. The lowest BCUT2D eigenvalue weighted by Crippen LogP contribution is -2.53. The molecule has 11 heteroatoms. The fourth-order valence-electron chi connectivity index (χ4n) is 6.15. The summed E-state index contributed by atoms with van der Waals surface area (Å²) in [6, 6.07) is 4.36. The average Bonchev–Trinajstić information content (AvgIpc) is 2.87. The molecule has 0 saturated carbocycles. The molecule has 0 bridgehead atoms. The lowest BCUT2D eigenvalue weighted by Gasteiger charge is -2.48. The minimum Gasteiger partial charge on any atom is -0.339 e. The Bertz CT molecular complexity index is 1050. The summed E-state index contributed by atoms with van der Waals surface area (Å²) in [5.74, 6) is -3.66. The highest BCUT2D eigenvalue weighted by Gasteiger charge is 2.44. The second-order valence-corrected chi connectivity index (χ2v) is 11.3. The summed E-state index contributed by atoms with van der Waals surface area (Å²) >= 11 is 6.33. The van der Waals surface area contributed by atoms with E-state index in [1.165, 1.54) is 4.90 Å². The van der Waals surface area contributed by atoms with Gasteiger partial charge in [0.15, 0.2) is 0 Å². The third-order valence-corrected chi connectivity index (χ3v) is 8.99. The molecule has 37 heavy (non-hydrogen) atoms. The van der Waals surface area contributed by atoms with E-state index in [1.54, 1.807) is 18.2 Å². The molecule has 0 aliphatic carbocycles. The molecule has 5 rings (SSSR count). The first-order valence-electron chi connectivity index (χ1n) is 13.2. The maximum Gasteiger partial charge on any atom is 0.328 e. The van der Waals surface area contributed by atoms with Crippen LogP contribution >= 0.6 is 11.6 Å². The minimum absolute atomic E-state index is 0.105. The normalized spacial score (nSPS) is 26.3. The van der Waals surface area contributed by atoms with Crippen molar-refractivity contribution in [1.29, 1.82) is 0 Å². The van der Waals surface area contributed by atoms with Crippen LogP contribution in [0.1, 0.15) is 48.9 Å². The highest BCUT2D eigenvalue weighted by Crippen LogP contribution is 2.42. The van der Waals surface area contributed by atoms with Crippen molar-refractivity contribution in [2.45, 2.75) is 44.4 Å². The van der Waals surface area contributed by atoms with Gasteiger partial charge in [0.25, 0.3) is 11.8 Å². The van der Waals surface area contributed by atoms with Gasteiger partial charge >= 0.3 is 6.03 Å². The van der Waals surface area contributed by atoms with Crippen molar-refractivity contribution >= 4 is 35.1 Å². The lowest BCUT2D eigenvalue weighted by atomic mass is 9.71. The third-order valence-electron chi connectivity index (χ3n) is 8.67. The highest BCUT2D eigenvalue weighted by molar-refractivity contribution is 6.34. The molecule has 1 aromatic rings. The van der Waals surface area contributed by atoms with Gasteiger partial charge in [-0.2, -0.15) is 0 Å². The van der Waals surface area contributed by atoms with E-state index in [2.05, 4.69) is 15.5 Å². The van der Waals surface area contributed by atoms with Crippen LogP contribution < -0.4 is 15.5 Å². The first kappa shape index (κ1) is 26.3. The molecule has 202 valence electrons. The van der Waals surface area contributed by atoms with Gasteiger partial charge in [-0.15, -0.1) is 0 Å². The predicted molar refractivity (Wildman–Crippen MR) is 136 cm³/mol. The van der Waals surface area contributed by atoms with Gasteiger partial charge in [-0.05, 0) is 75.4 Å². The molecule has 4 fully saturated rings. The van der Waals surface area contributed by atoms with Crippen molar-refractivity contribution in [3.63, 3.8) is 0 Å². The molecule has 2 N–H and O–H groups in total. The Kier molecular flexibility index (Phi) is 7.44. The van der Waals surface area contributed by atoms with Crippen LogP contribution in [0.3, 0.4) is 0 Å². The van der Waals surface area contributed by atoms with Crippen LogP contribution in [0.4, 0.5) is 19.3 Å². The van der Waals surface area contributed by atoms with E-state index in [-0.39, 0.29) is 36.7 Å². The summed E-state index contributed by atoms with van der Waals surface area (Å²) in [5.41, 5.74) is 1.03. The van der Waals surface area contributed by atoms with E-state index in [0.717, 1.165) is 38.8 Å². The second kappa shape index (κ2) is 10.5. The fourth-order valence-corrected chi connectivity index (χ4v) is 6.37. The average molecular weight is 538 g/mol. The summed E-state index contributed by atoms with van der Waals surface area (Å²) in [6.07, 6.45) is 4.42. The minimum atomic E-state index is -2.64. The number of piperidine rings is 3. The fraction of sp³-hybridized carbons (Fsp3) is 0.654. The van der Waals surface area contributed by atoms with Crippen LogP contribution in [0, 0.1) is 11.3 Å². The van der Waals surface area contributed by atoms with Gasteiger partial charge in [-0.1, -0.05) is 11.6 Å². The standard InChI is InChI=1S/C26H34ClF2N5O3/c27-20-2-1-18(15-21(20)34-10-4-22(35)31-24(34)37)23(36)33-13-7-25(8-14-33)5-11-32(12-6-25)16-19-3-9-30-17-26(19,28)29/h1-2,15,19,30H,3-14,16-17H2,(H,31,35,37). The summed E-state index contributed by atoms with van der Waals surface area (Å²) in [6.45, 7) is 4.03. The molecule has 8 nitrogen and oxygen atoms in total. The van der Waals surface area contributed by atoms with Crippen molar-refractivity contribution in [3.05, 3.63) is 28.8 Å². The predicted octanol–water partition coefficient (Wildman–Crippen LogP) is 3.35. The van der Waals surface area contributed by atoms with E-state index in [1.807, 2.05) is 4.90 Å². The van der Waals surface area contributed by atoms with Crippen molar-refractivity contribution < 1.29 is 23.2 Å². The summed E-state index contributed by atoms with van der Waals surface area (Å²) < 4.78 is 28.5. The van der Waals surface area contributed by atoms with E-state index < -0.39 is 17.9 Å². The monoisotopic (exact) mass is 537 g/mol. The van der Waals surface area contributed by atoms with Gasteiger partial charge in [-0.3, -0.25) is 19.8 Å². The number of carbonyl (C=O) groups is 3. The van der Waals surface area contributed by atoms with Gasteiger partial charge in [0.1, 0.15) is 0 Å². The number of carbonyl (C=O) groups excluding carboxylic acids is 3. The van der Waals surface area contributed by atoms with Gasteiger partial charge in [0.05, 0.1) is 17.3 Å². The molecule has 4 aliphatic rings. The van der Waals surface area contributed by atoms with E-state index in [0.29, 0.717) is 48.9 Å². The molecule has 4 saturated heterocycles. The zero-order chi connectivity index (χ0) is 26.2. The molecule has 0 radical (unpaired) electrons. The Morgan fingerprint density at radius 3 is 2.43 bits per heavy atom. The van der Waals surface area contributed by atoms with Crippen LogP contribution in [0.2, 0.25) is 5.02 Å². The van der Waals surface area contributed by atoms with Crippen molar-refractivity contribution in [2.24, 2.45) is 11.3 Å². The van der Waals surface area contributed by atoms with Crippen molar-refractivity contribution in [3.8, 4) is 0 Å². The Labute approximate surface area is 220 Å². The van der Waals surface area contributed by atoms with Crippen LogP contribution in [-0.4, -0.2) is 85.9 Å². The Hall–Kier alpha value is -2.30. The number of hydrogen-bond donors (Lipinski definition) is 2. The number of amides is 4. The molecule has 4 aliphatic heterocycles. The first-order chi connectivity index (χ1) is 17.7. The number of hydrogen-bond acceptors (Lipinski definition) is 5. The smallest absolute Gasteiger partial charge is 0.328 e. The van der Waals surface area contributed by atoms with Crippen LogP contribution in [0.5, 0.6) is 0 Å². The molecule has 4 amide bonds. The number of alkyl halides is 2. The number of likely N-dealkylation sites (tertiary alicyclic amines) is 2. The number of imide groups is 1. The van der Waals surface area contributed by atoms with Gasteiger partial charge in [0, 0.05) is 44.1 Å². The summed E-state index contributed by atoms with van der Waals surface area (Å²) in [5, 5.41) is 5.42. The lowest BCUT2D eigenvalue weighted by molar-refractivity contribution is -0.120. The maximum atomic E-state index is 14.2. The third kappa shape index (κ3) is 5.61. The van der Waals surface area contributed by atoms with Gasteiger partial charge < -0.3 is 15.1 Å². The molecule has 1 atom stereocenters. The first-order valence-corrected chi connectivity index (χ1v) is 13.5. The van der Waals surface area contributed by atoms with Crippen LogP contribution in [-0.2, 0) is 4.79 Å². The molecule has 1 spiro atoms. The maximum absolute atomic E-state index is 14.2. The van der Waals surface area contributed by atoms with Gasteiger partial charge in [0.2, 0.25) is 5.91 Å². The number of benzene rings is 1. The summed E-state index contributed by atoms with van der Waals surface area (Å²) in [7, 11) is 0. The largest absolute Gasteiger partial charge is 0.339 e. The zero-order valence-electron chi connectivity index (χ0n) is 20.9. The number of urea groups is 1. The van der Waals surface area contributed by atoms with E-state index >= 15 is 0 Å². The Morgan fingerprint density at radius 1 is 1.05 bits per heavy atom. The van der Waals surface area contributed by atoms with Crippen LogP contribution in [0.15, 0.2) is 18.2 Å². The van der Waals surface area contributed by atoms with Gasteiger partial charge in [-0.25, -0.2) is 13.6 Å². The molecule has 4 heterocycles. The van der Waals surface area contributed by atoms with E-state index in [4.69, 9.17) is 11.6 Å². The number of rotatable bonds is 4. The zero-order valence-corrected chi connectivity index (χ0v) is 21.7. The molecular formula is C26H34ClF2N5O3. The number of anilines is 1. The highest BCUT2D eigenvalue weighted by atomic mass is 35.5. The number of nitrogens with one attached hydrogen (secondary N) is 2. The molecular weight excluding hydrogens is 504 g/mol. The SMILES string of the molecule is O=C1CCN(c2cc(C(=O)N3CCC4(CCN(CC5CCNCC5(F)F)CC4)CC3)ccc2Cl)C(=O)N1.